The summed E-state index contributed by atoms with van der Waals surface area (Å²) in [5, 5.41) is 54.1. The molecular formula is C60H105NO8. The van der Waals surface area contributed by atoms with Gasteiger partial charge in [-0.2, -0.15) is 0 Å². The third kappa shape index (κ3) is 38.7. The Morgan fingerprint density at radius 1 is 0.507 bits per heavy atom. The summed E-state index contributed by atoms with van der Waals surface area (Å²) in [5.41, 5.74) is 0. The first-order valence-electron chi connectivity index (χ1n) is 28.3. The topological polar surface area (TPSA) is 149 Å². The van der Waals surface area contributed by atoms with Crippen molar-refractivity contribution >= 4 is 5.91 Å². The van der Waals surface area contributed by atoms with Crippen LogP contribution in [0, 0.1) is 0 Å². The van der Waals surface area contributed by atoms with Crippen LogP contribution in [0.4, 0.5) is 0 Å². The van der Waals surface area contributed by atoms with Crippen LogP contribution in [0.25, 0.3) is 0 Å². The quantitative estimate of drug-likeness (QED) is 0.0261. The summed E-state index contributed by atoms with van der Waals surface area (Å²) in [5.74, 6) is -0.189. The van der Waals surface area contributed by atoms with Crippen LogP contribution in [0.3, 0.4) is 0 Å². The number of rotatable bonds is 47. The van der Waals surface area contributed by atoms with E-state index in [2.05, 4.69) is 92.1 Å². The Morgan fingerprint density at radius 3 is 1.39 bits per heavy atom. The highest BCUT2D eigenvalue weighted by Crippen LogP contribution is 2.23. The zero-order chi connectivity index (χ0) is 50.1. The Kier molecular flexibility index (Phi) is 45.7. The van der Waals surface area contributed by atoms with E-state index in [4.69, 9.17) is 9.47 Å². The molecule has 7 atom stereocenters. The van der Waals surface area contributed by atoms with Crippen LogP contribution in [0.5, 0.6) is 0 Å². The maximum atomic E-state index is 13.0. The highest BCUT2D eigenvalue weighted by Gasteiger charge is 2.44. The van der Waals surface area contributed by atoms with E-state index in [9.17, 15) is 30.3 Å². The lowest BCUT2D eigenvalue weighted by atomic mass is 9.99. The van der Waals surface area contributed by atoms with E-state index >= 15 is 0 Å². The first kappa shape index (κ1) is 64.4. The predicted molar refractivity (Wildman–Crippen MR) is 290 cm³/mol. The minimum Gasteiger partial charge on any atom is -0.394 e. The molecule has 1 saturated heterocycles. The van der Waals surface area contributed by atoms with Gasteiger partial charge in [0.15, 0.2) is 6.29 Å². The first-order valence-corrected chi connectivity index (χ1v) is 28.3. The lowest BCUT2D eigenvalue weighted by Gasteiger charge is -2.40. The lowest BCUT2D eigenvalue weighted by molar-refractivity contribution is -0.302. The van der Waals surface area contributed by atoms with Crippen molar-refractivity contribution in [2.75, 3.05) is 13.2 Å². The van der Waals surface area contributed by atoms with Crippen molar-refractivity contribution in [1.82, 2.24) is 5.32 Å². The normalized spacial score (nSPS) is 20.1. The second-order valence-electron chi connectivity index (χ2n) is 19.3. The second kappa shape index (κ2) is 49.0. The third-order valence-electron chi connectivity index (χ3n) is 13.0. The molecular weight excluding hydrogens is 863 g/mol. The molecule has 6 N–H and O–H groups in total. The van der Waals surface area contributed by atoms with Gasteiger partial charge in [-0.25, -0.2) is 0 Å². The van der Waals surface area contributed by atoms with Gasteiger partial charge in [-0.05, 0) is 77.0 Å². The van der Waals surface area contributed by atoms with E-state index in [1.165, 1.54) is 141 Å². The molecule has 1 amide bonds. The van der Waals surface area contributed by atoms with Crippen molar-refractivity contribution in [3.05, 3.63) is 85.1 Å². The number of aliphatic hydroxyl groups excluding tert-OH is 5. The van der Waals surface area contributed by atoms with Crippen LogP contribution in [0.2, 0.25) is 0 Å². The number of carbonyl (C=O) groups excluding carboxylic acids is 1. The number of hydrogen-bond acceptors (Lipinski definition) is 8. The number of nitrogens with one attached hydrogen (secondary N) is 1. The number of carbonyl (C=O) groups is 1. The van der Waals surface area contributed by atoms with Gasteiger partial charge in [0, 0.05) is 6.42 Å². The Hall–Kier alpha value is -2.63. The smallest absolute Gasteiger partial charge is 0.220 e. The van der Waals surface area contributed by atoms with Crippen LogP contribution in [-0.4, -0.2) is 87.5 Å². The van der Waals surface area contributed by atoms with E-state index in [-0.39, 0.29) is 12.5 Å². The lowest BCUT2D eigenvalue weighted by Crippen LogP contribution is -2.60. The SMILES string of the molecule is CC/C=C\C/C=C\C/C=C\C/C=C\C/C=C\CCCCCCCCCCCCCCCCCCCCCCCC(=O)NC(COC1OC(CO)C(O)C(O)C1O)C(O)/C=C/CC/C=C/CCCCC. The molecule has 0 aromatic carbocycles. The Balaban J connectivity index is 2.04. The molecule has 69 heavy (non-hydrogen) atoms. The van der Waals surface area contributed by atoms with Gasteiger partial charge in [0.2, 0.25) is 5.91 Å². The molecule has 9 nitrogen and oxygen atoms in total. The average molecular weight is 968 g/mol. The molecule has 1 aliphatic heterocycles. The molecule has 9 heteroatoms. The molecule has 1 heterocycles. The molecule has 1 aliphatic rings. The summed E-state index contributed by atoms with van der Waals surface area (Å²) < 4.78 is 11.2. The fourth-order valence-electron chi connectivity index (χ4n) is 8.49. The number of unbranched alkanes of at least 4 members (excludes halogenated alkanes) is 25. The Bertz CT molecular complexity index is 1350. The standard InChI is InChI=1S/C60H105NO8/c1-3-5-7-9-11-13-14-15-16-17-18-19-20-21-22-23-24-25-26-27-28-29-30-31-32-33-34-35-36-37-38-39-40-42-44-46-48-50-56(64)61-53(54(63)49-47-45-43-41-12-10-8-6-4-2)52-68-60-59(67)58(66)57(65)55(51-62)69-60/h5,7,11-13,15-16,18-19,21-22,41,47,49,53-55,57-60,62-63,65-67H,3-4,6,8-10,14,17,20,23-40,42-46,48,50-52H2,1-2H3,(H,61,64)/b7-5-,13-11-,16-15-,19-18-,22-21-,41-12+,49-47+. The largest absolute Gasteiger partial charge is 0.394 e. The van der Waals surface area contributed by atoms with Crippen molar-refractivity contribution in [2.24, 2.45) is 0 Å². The number of amides is 1. The molecule has 0 radical (unpaired) electrons. The molecule has 7 unspecified atom stereocenters. The van der Waals surface area contributed by atoms with E-state index in [1.54, 1.807) is 6.08 Å². The zero-order valence-electron chi connectivity index (χ0n) is 44.0. The van der Waals surface area contributed by atoms with Gasteiger partial charge in [-0.15, -0.1) is 0 Å². The molecule has 1 fully saturated rings. The molecule has 0 aromatic heterocycles. The number of allylic oxidation sites excluding steroid dienone is 13. The molecule has 1 rings (SSSR count). The van der Waals surface area contributed by atoms with E-state index in [1.807, 2.05) is 6.08 Å². The van der Waals surface area contributed by atoms with Gasteiger partial charge < -0.3 is 40.3 Å². The van der Waals surface area contributed by atoms with Crippen LogP contribution in [0.15, 0.2) is 85.1 Å². The van der Waals surface area contributed by atoms with E-state index in [0.29, 0.717) is 6.42 Å². The zero-order valence-corrected chi connectivity index (χ0v) is 44.0. The number of hydrogen-bond donors (Lipinski definition) is 6. The minimum atomic E-state index is -1.57. The van der Waals surface area contributed by atoms with E-state index < -0.39 is 49.5 Å². The van der Waals surface area contributed by atoms with Crippen molar-refractivity contribution in [3.63, 3.8) is 0 Å². The molecule has 0 saturated carbocycles. The summed E-state index contributed by atoms with van der Waals surface area (Å²) in [4.78, 5) is 13.0. The van der Waals surface area contributed by atoms with Gasteiger partial charge in [-0.1, -0.05) is 234 Å². The van der Waals surface area contributed by atoms with Gasteiger partial charge in [-0.3, -0.25) is 4.79 Å². The maximum Gasteiger partial charge on any atom is 0.220 e. The van der Waals surface area contributed by atoms with Crippen LogP contribution < -0.4 is 5.32 Å². The number of ether oxygens (including phenoxy) is 2. The Morgan fingerprint density at radius 2 is 0.913 bits per heavy atom. The summed E-state index contributed by atoms with van der Waals surface area (Å²) in [6.45, 7) is 3.59. The van der Waals surface area contributed by atoms with Gasteiger partial charge in [0.05, 0.1) is 25.4 Å². The molecule has 0 aromatic rings. The molecule has 0 aliphatic carbocycles. The van der Waals surface area contributed by atoms with Crippen molar-refractivity contribution in [3.8, 4) is 0 Å². The Labute approximate surface area is 422 Å². The summed E-state index contributed by atoms with van der Waals surface area (Å²) in [6.07, 6.45) is 62.6. The van der Waals surface area contributed by atoms with Crippen molar-refractivity contribution in [2.45, 2.75) is 275 Å². The summed E-state index contributed by atoms with van der Waals surface area (Å²) in [7, 11) is 0. The van der Waals surface area contributed by atoms with Crippen LogP contribution >= 0.6 is 0 Å². The van der Waals surface area contributed by atoms with Crippen molar-refractivity contribution < 1.29 is 39.8 Å². The fourth-order valence-corrected chi connectivity index (χ4v) is 8.49. The molecule has 0 spiro atoms. The van der Waals surface area contributed by atoms with Gasteiger partial charge in [0.1, 0.15) is 24.4 Å². The molecule has 0 bridgehead atoms. The summed E-state index contributed by atoms with van der Waals surface area (Å²) in [6, 6.07) is -0.821. The maximum absolute atomic E-state index is 13.0. The van der Waals surface area contributed by atoms with Crippen molar-refractivity contribution in [1.29, 1.82) is 0 Å². The molecule has 398 valence electrons. The van der Waals surface area contributed by atoms with Crippen LogP contribution in [-0.2, 0) is 14.3 Å². The minimum absolute atomic E-state index is 0.189. The highest BCUT2D eigenvalue weighted by molar-refractivity contribution is 5.76. The fraction of sp³-hybridized carbons (Fsp3) is 0.750. The number of aliphatic hydroxyl groups is 5. The third-order valence-corrected chi connectivity index (χ3v) is 13.0. The summed E-state index contributed by atoms with van der Waals surface area (Å²) >= 11 is 0. The van der Waals surface area contributed by atoms with Crippen LogP contribution in [0.1, 0.15) is 232 Å². The first-order chi connectivity index (χ1) is 33.8. The van der Waals surface area contributed by atoms with Gasteiger partial charge >= 0.3 is 0 Å². The van der Waals surface area contributed by atoms with E-state index in [0.717, 1.165) is 70.6 Å². The monoisotopic (exact) mass is 968 g/mol. The highest BCUT2D eigenvalue weighted by atomic mass is 16.7. The average Bonchev–Trinajstić information content (AvgIpc) is 3.35. The predicted octanol–water partition coefficient (Wildman–Crippen LogP) is 13.8. The van der Waals surface area contributed by atoms with Gasteiger partial charge in [0.25, 0.3) is 0 Å². The second-order valence-corrected chi connectivity index (χ2v) is 19.3.